The Hall–Kier alpha value is -0.350. The molecule has 0 aromatic carbocycles. The van der Waals surface area contributed by atoms with Crippen LogP contribution < -0.4 is 5.32 Å². The van der Waals surface area contributed by atoms with Crippen LogP contribution in [0.25, 0.3) is 0 Å². The van der Waals surface area contributed by atoms with Gasteiger partial charge in [0.2, 0.25) is 0 Å². The van der Waals surface area contributed by atoms with Crippen molar-refractivity contribution >= 4 is 9.84 Å². The first-order chi connectivity index (χ1) is 8.24. The highest BCUT2D eigenvalue weighted by Crippen LogP contribution is 2.24. The molecular weight excluding hydrogens is 246 g/mol. The fraction of sp³-hybridized carbons (Fsp3) is 0.857. The minimum atomic E-state index is -2.84. The molecule has 0 aromatic heterocycles. The maximum absolute atomic E-state index is 11.4. The van der Waals surface area contributed by atoms with Gasteiger partial charge >= 0.3 is 0 Å². The van der Waals surface area contributed by atoms with Gasteiger partial charge in [0.25, 0.3) is 0 Å². The van der Waals surface area contributed by atoms with Crippen molar-refractivity contribution in [1.29, 1.82) is 0 Å². The van der Waals surface area contributed by atoms with Gasteiger partial charge in [0.15, 0.2) is 0 Å². The van der Waals surface area contributed by atoms with Crippen LogP contribution in [0.3, 0.4) is 0 Å². The standard InChI is InChI=1S/C14H29NO2S/c1-6-14(5,12-15-11-13(3)4)9-8-10-18(16,17)7-2/h6,13,15H,1,7-12H2,2-5H3. The third-order valence-corrected chi connectivity index (χ3v) is 5.01. The monoisotopic (exact) mass is 275 g/mol. The molecule has 0 aliphatic heterocycles. The van der Waals surface area contributed by atoms with E-state index in [0.717, 1.165) is 19.5 Å². The van der Waals surface area contributed by atoms with E-state index in [9.17, 15) is 8.42 Å². The SMILES string of the molecule is C=CC(C)(CCCS(=O)(=O)CC)CNCC(C)C. The number of hydrogen-bond acceptors (Lipinski definition) is 3. The molecule has 108 valence electrons. The molecule has 0 rings (SSSR count). The highest BCUT2D eigenvalue weighted by Gasteiger charge is 2.20. The minimum Gasteiger partial charge on any atom is -0.316 e. The van der Waals surface area contributed by atoms with Gasteiger partial charge in [-0.2, -0.15) is 0 Å². The molecule has 1 unspecified atom stereocenters. The molecule has 3 nitrogen and oxygen atoms in total. The summed E-state index contributed by atoms with van der Waals surface area (Å²) in [4.78, 5) is 0. The molecule has 4 heteroatoms. The van der Waals surface area contributed by atoms with Crippen LogP contribution >= 0.6 is 0 Å². The van der Waals surface area contributed by atoms with Crippen LogP contribution in [0.4, 0.5) is 0 Å². The van der Waals surface area contributed by atoms with Crippen molar-refractivity contribution in [3.05, 3.63) is 12.7 Å². The Balaban J connectivity index is 4.11. The lowest BCUT2D eigenvalue weighted by atomic mass is 9.85. The second-order valence-corrected chi connectivity index (χ2v) is 8.20. The fourth-order valence-corrected chi connectivity index (χ4v) is 2.62. The largest absolute Gasteiger partial charge is 0.316 e. The third kappa shape index (κ3) is 7.88. The van der Waals surface area contributed by atoms with Crippen molar-refractivity contribution in [3.8, 4) is 0 Å². The van der Waals surface area contributed by atoms with Gasteiger partial charge in [-0.15, -0.1) is 6.58 Å². The summed E-state index contributed by atoms with van der Waals surface area (Å²) in [5.74, 6) is 1.15. The fourth-order valence-electron chi connectivity index (χ4n) is 1.75. The quantitative estimate of drug-likeness (QED) is 0.623. The number of rotatable bonds is 10. The lowest BCUT2D eigenvalue weighted by molar-refractivity contribution is 0.351. The van der Waals surface area contributed by atoms with E-state index in [2.05, 4.69) is 32.7 Å². The first kappa shape index (κ1) is 17.6. The molecule has 0 heterocycles. The van der Waals surface area contributed by atoms with E-state index in [0.29, 0.717) is 12.3 Å². The third-order valence-electron chi connectivity index (χ3n) is 3.22. The number of nitrogens with one attached hydrogen (secondary N) is 1. The van der Waals surface area contributed by atoms with Gasteiger partial charge in [-0.05, 0) is 30.7 Å². The van der Waals surface area contributed by atoms with Gasteiger partial charge in [-0.25, -0.2) is 8.42 Å². The Labute approximate surface area is 113 Å². The van der Waals surface area contributed by atoms with Gasteiger partial charge in [0.05, 0.1) is 5.75 Å². The summed E-state index contributed by atoms with van der Waals surface area (Å²) in [7, 11) is -2.84. The molecule has 1 N–H and O–H groups in total. The highest BCUT2D eigenvalue weighted by atomic mass is 32.2. The minimum absolute atomic E-state index is 0.0157. The summed E-state index contributed by atoms with van der Waals surface area (Å²) < 4.78 is 22.9. The second-order valence-electron chi connectivity index (χ2n) is 5.72. The van der Waals surface area contributed by atoms with E-state index in [-0.39, 0.29) is 16.9 Å². The van der Waals surface area contributed by atoms with Gasteiger partial charge in [0.1, 0.15) is 9.84 Å². The molecule has 0 radical (unpaired) electrons. The zero-order valence-electron chi connectivity index (χ0n) is 12.3. The van der Waals surface area contributed by atoms with Crippen molar-refractivity contribution in [2.24, 2.45) is 11.3 Å². The summed E-state index contributed by atoms with van der Waals surface area (Å²) in [6.45, 7) is 13.9. The van der Waals surface area contributed by atoms with E-state index in [1.54, 1.807) is 6.92 Å². The summed E-state index contributed by atoms with van der Waals surface area (Å²) in [6, 6.07) is 0. The van der Waals surface area contributed by atoms with Crippen molar-refractivity contribution < 1.29 is 8.42 Å². The molecule has 0 aliphatic carbocycles. The molecule has 1 atom stereocenters. The summed E-state index contributed by atoms with van der Waals surface area (Å²) in [6.07, 6.45) is 3.52. The number of sulfone groups is 1. The Morgan fingerprint density at radius 1 is 1.39 bits per heavy atom. The average molecular weight is 275 g/mol. The Morgan fingerprint density at radius 2 is 2.00 bits per heavy atom. The van der Waals surface area contributed by atoms with E-state index in [1.165, 1.54) is 0 Å². The van der Waals surface area contributed by atoms with Gasteiger partial charge in [-0.3, -0.25) is 0 Å². The van der Waals surface area contributed by atoms with Gasteiger partial charge in [0, 0.05) is 12.3 Å². The van der Waals surface area contributed by atoms with Gasteiger partial charge in [-0.1, -0.05) is 33.8 Å². The van der Waals surface area contributed by atoms with Crippen LogP contribution in [0.5, 0.6) is 0 Å². The average Bonchev–Trinajstić information content (AvgIpc) is 2.28. The summed E-state index contributed by atoms with van der Waals surface area (Å²) in [5, 5.41) is 3.42. The van der Waals surface area contributed by atoms with E-state index in [4.69, 9.17) is 0 Å². The summed E-state index contributed by atoms with van der Waals surface area (Å²) >= 11 is 0. The van der Waals surface area contributed by atoms with E-state index in [1.807, 2.05) is 6.08 Å². The molecule has 0 saturated heterocycles. The molecule has 0 saturated carbocycles. The van der Waals surface area contributed by atoms with Crippen LogP contribution in [-0.2, 0) is 9.84 Å². The maximum atomic E-state index is 11.4. The topological polar surface area (TPSA) is 46.2 Å². The van der Waals surface area contributed by atoms with Crippen LogP contribution in [0.15, 0.2) is 12.7 Å². The molecule has 18 heavy (non-hydrogen) atoms. The molecule has 0 aliphatic rings. The normalized spacial score (nSPS) is 15.6. The molecule has 0 amide bonds. The van der Waals surface area contributed by atoms with E-state index < -0.39 is 9.84 Å². The van der Waals surface area contributed by atoms with E-state index >= 15 is 0 Å². The molecule has 0 fully saturated rings. The molecule has 0 bridgehead atoms. The zero-order valence-corrected chi connectivity index (χ0v) is 13.1. The Morgan fingerprint density at radius 3 is 2.44 bits per heavy atom. The molecule has 0 aromatic rings. The molecule has 0 spiro atoms. The van der Waals surface area contributed by atoms with Crippen molar-refractivity contribution in [3.63, 3.8) is 0 Å². The molecular formula is C14H29NO2S. The predicted octanol–water partition coefficient (Wildman–Crippen LogP) is 2.64. The smallest absolute Gasteiger partial charge is 0.150 e. The number of hydrogen-bond donors (Lipinski definition) is 1. The van der Waals surface area contributed by atoms with Crippen LogP contribution in [0, 0.1) is 11.3 Å². The Kier molecular flexibility index (Phi) is 7.79. The maximum Gasteiger partial charge on any atom is 0.150 e. The van der Waals surface area contributed by atoms with Crippen LogP contribution in [0.1, 0.15) is 40.5 Å². The predicted molar refractivity (Wildman–Crippen MR) is 79.6 cm³/mol. The van der Waals surface area contributed by atoms with Crippen LogP contribution in [-0.4, -0.2) is 33.0 Å². The Bertz CT molecular complexity index is 336. The zero-order chi connectivity index (χ0) is 14.2. The first-order valence-electron chi connectivity index (χ1n) is 6.79. The van der Waals surface area contributed by atoms with Crippen molar-refractivity contribution in [2.45, 2.75) is 40.5 Å². The highest BCUT2D eigenvalue weighted by molar-refractivity contribution is 7.91. The van der Waals surface area contributed by atoms with Crippen LogP contribution in [0.2, 0.25) is 0 Å². The lowest BCUT2D eigenvalue weighted by Crippen LogP contribution is -2.32. The second kappa shape index (κ2) is 7.95. The lowest BCUT2D eigenvalue weighted by Gasteiger charge is -2.26. The van der Waals surface area contributed by atoms with Gasteiger partial charge < -0.3 is 5.32 Å². The summed E-state index contributed by atoms with van der Waals surface area (Å²) in [5.41, 5.74) is -0.0157. The van der Waals surface area contributed by atoms with Crippen molar-refractivity contribution in [1.82, 2.24) is 5.32 Å². The van der Waals surface area contributed by atoms with Crippen molar-refractivity contribution in [2.75, 3.05) is 24.6 Å². The first-order valence-corrected chi connectivity index (χ1v) is 8.61.